The first-order chi connectivity index (χ1) is 13.3. The Balaban J connectivity index is 1.71. The van der Waals surface area contributed by atoms with Gasteiger partial charge in [-0.25, -0.2) is 0 Å². The molecule has 0 aliphatic carbocycles. The summed E-state index contributed by atoms with van der Waals surface area (Å²) < 4.78 is 43.5. The van der Waals surface area contributed by atoms with E-state index >= 15 is 0 Å². The van der Waals surface area contributed by atoms with Gasteiger partial charge in [0.15, 0.2) is 0 Å². The highest BCUT2D eigenvalue weighted by Gasteiger charge is 2.30. The van der Waals surface area contributed by atoms with E-state index in [0.29, 0.717) is 19.8 Å². The third-order valence-corrected chi connectivity index (χ3v) is 4.84. The number of nitrogens with zero attached hydrogens (tertiary/aromatic N) is 1. The van der Waals surface area contributed by atoms with Crippen molar-refractivity contribution in [3.05, 3.63) is 70.8 Å². The topological polar surface area (TPSA) is 41.6 Å². The number of rotatable bonds is 5. The molecule has 3 rings (SSSR count). The van der Waals surface area contributed by atoms with Crippen molar-refractivity contribution < 1.29 is 22.7 Å². The molecule has 1 saturated heterocycles. The smallest absolute Gasteiger partial charge is 0.379 e. The van der Waals surface area contributed by atoms with Crippen molar-refractivity contribution in [2.24, 2.45) is 0 Å². The molecule has 1 aliphatic heterocycles. The van der Waals surface area contributed by atoms with Crippen LogP contribution in [0.3, 0.4) is 0 Å². The highest BCUT2D eigenvalue weighted by Crippen LogP contribution is 2.29. The lowest BCUT2D eigenvalue weighted by molar-refractivity contribution is -0.137. The Kier molecular flexibility index (Phi) is 6.36. The number of halogens is 3. The van der Waals surface area contributed by atoms with E-state index in [4.69, 9.17) is 4.74 Å². The van der Waals surface area contributed by atoms with Crippen molar-refractivity contribution in [2.75, 3.05) is 32.8 Å². The van der Waals surface area contributed by atoms with Gasteiger partial charge in [0.2, 0.25) is 0 Å². The first-order valence-electron chi connectivity index (χ1n) is 9.18. The molecule has 28 heavy (non-hydrogen) atoms. The maximum atomic E-state index is 12.7. The SMILES string of the molecule is Cc1cccc([C@@H](CNC(=O)c2ccc(C(F)(F)F)cc2)N2CCOCC2)c1. The Labute approximate surface area is 162 Å². The van der Waals surface area contributed by atoms with E-state index in [-0.39, 0.29) is 17.5 Å². The highest BCUT2D eigenvalue weighted by atomic mass is 19.4. The lowest BCUT2D eigenvalue weighted by Gasteiger charge is -2.35. The van der Waals surface area contributed by atoms with Crippen LogP contribution in [0.1, 0.15) is 33.1 Å². The van der Waals surface area contributed by atoms with Crippen molar-refractivity contribution >= 4 is 5.91 Å². The van der Waals surface area contributed by atoms with Gasteiger partial charge >= 0.3 is 6.18 Å². The first kappa shape index (κ1) is 20.4. The van der Waals surface area contributed by atoms with Gasteiger partial charge < -0.3 is 10.1 Å². The zero-order valence-electron chi connectivity index (χ0n) is 15.6. The minimum absolute atomic E-state index is 0.0257. The zero-order valence-corrected chi connectivity index (χ0v) is 15.6. The van der Waals surface area contributed by atoms with E-state index in [2.05, 4.69) is 16.3 Å². The Morgan fingerprint density at radius 1 is 1.14 bits per heavy atom. The Morgan fingerprint density at radius 2 is 1.82 bits per heavy atom. The molecule has 0 radical (unpaired) electrons. The number of ether oxygens (including phenoxy) is 1. The normalized spacial score (nSPS) is 16.6. The molecule has 2 aromatic rings. The predicted molar refractivity (Wildman–Crippen MR) is 100 cm³/mol. The minimum atomic E-state index is -4.42. The van der Waals surface area contributed by atoms with Gasteiger partial charge in [-0.05, 0) is 36.8 Å². The second kappa shape index (κ2) is 8.75. The standard InChI is InChI=1S/C21H23F3N2O2/c1-15-3-2-4-17(13-15)19(26-9-11-28-12-10-26)14-25-20(27)16-5-7-18(8-6-16)21(22,23)24/h2-8,13,19H,9-12,14H2,1H3,(H,25,27)/t19-/m1/s1. The van der Waals surface area contributed by atoms with Crippen LogP contribution in [0.25, 0.3) is 0 Å². The number of hydrogen-bond acceptors (Lipinski definition) is 3. The summed E-state index contributed by atoms with van der Waals surface area (Å²) in [5.74, 6) is -0.389. The van der Waals surface area contributed by atoms with E-state index in [1.54, 1.807) is 0 Å². The van der Waals surface area contributed by atoms with Crippen LogP contribution in [-0.2, 0) is 10.9 Å². The summed E-state index contributed by atoms with van der Waals surface area (Å²) in [6, 6.07) is 12.3. The maximum Gasteiger partial charge on any atom is 0.416 e. The summed E-state index contributed by atoms with van der Waals surface area (Å²) >= 11 is 0. The first-order valence-corrected chi connectivity index (χ1v) is 9.18. The van der Waals surface area contributed by atoms with E-state index in [1.165, 1.54) is 12.1 Å². The number of carbonyl (C=O) groups excluding carboxylic acids is 1. The van der Waals surface area contributed by atoms with Crippen LogP contribution in [-0.4, -0.2) is 43.7 Å². The quantitative estimate of drug-likeness (QED) is 0.841. The Morgan fingerprint density at radius 3 is 2.43 bits per heavy atom. The Hall–Kier alpha value is -2.38. The number of carbonyl (C=O) groups is 1. The molecule has 1 heterocycles. The molecular weight excluding hydrogens is 369 g/mol. The molecule has 0 unspecified atom stereocenters. The van der Waals surface area contributed by atoms with Crippen LogP contribution < -0.4 is 5.32 Å². The molecule has 0 spiro atoms. The van der Waals surface area contributed by atoms with Crippen LogP contribution in [0, 0.1) is 6.92 Å². The van der Waals surface area contributed by atoms with Crippen molar-refractivity contribution in [3.8, 4) is 0 Å². The number of alkyl halides is 3. The number of morpholine rings is 1. The molecule has 1 amide bonds. The average molecular weight is 392 g/mol. The molecule has 0 bridgehead atoms. The summed E-state index contributed by atoms with van der Waals surface area (Å²) in [6.45, 7) is 5.16. The summed E-state index contributed by atoms with van der Waals surface area (Å²) in [7, 11) is 0. The summed E-state index contributed by atoms with van der Waals surface area (Å²) in [5.41, 5.74) is 1.66. The van der Waals surface area contributed by atoms with Gasteiger partial charge in [0.1, 0.15) is 0 Å². The molecule has 1 fully saturated rings. The van der Waals surface area contributed by atoms with Gasteiger partial charge in [-0.1, -0.05) is 29.8 Å². The lowest BCUT2D eigenvalue weighted by Crippen LogP contribution is -2.43. The van der Waals surface area contributed by atoms with E-state index < -0.39 is 11.7 Å². The molecule has 4 nitrogen and oxygen atoms in total. The largest absolute Gasteiger partial charge is 0.416 e. The van der Waals surface area contributed by atoms with Crippen molar-refractivity contribution in [2.45, 2.75) is 19.1 Å². The number of aryl methyl sites for hydroxylation is 1. The monoisotopic (exact) mass is 392 g/mol. The molecule has 150 valence electrons. The molecular formula is C21H23F3N2O2. The lowest BCUT2D eigenvalue weighted by atomic mass is 10.0. The number of nitrogens with one attached hydrogen (secondary N) is 1. The van der Waals surface area contributed by atoms with Gasteiger partial charge in [0.25, 0.3) is 5.91 Å². The van der Waals surface area contributed by atoms with E-state index in [1.807, 2.05) is 25.1 Å². The summed E-state index contributed by atoms with van der Waals surface area (Å²) in [6.07, 6.45) is -4.42. The second-order valence-electron chi connectivity index (χ2n) is 6.86. The summed E-state index contributed by atoms with van der Waals surface area (Å²) in [5, 5.41) is 2.87. The predicted octanol–water partition coefficient (Wildman–Crippen LogP) is 3.82. The number of amides is 1. The fraction of sp³-hybridized carbons (Fsp3) is 0.381. The van der Waals surface area contributed by atoms with Crippen molar-refractivity contribution in [3.63, 3.8) is 0 Å². The molecule has 0 saturated carbocycles. The third kappa shape index (κ3) is 5.11. The third-order valence-electron chi connectivity index (χ3n) is 4.84. The van der Waals surface area contributed by atoms with Crippen LogP contribution in [0.4, 0.5) is 13.2 Å². The van der Waals surface area contributed by atoms with Gasteiger partial charge in [-0.2, -0.15) is 13.2 Å². The van der Waals surface area contributed by atoms with Crippen LogP contribution in [0.15, 0.2) is 48.5 Å². The molecule has 1 atom stereocenters. The fourth-order valence-electron chi connectivity index (χ4n) is 3.33. The fourth-order valence-corrected chi connectivity index (χ4v) is 3.33. The summed E-state index contributed by atoms with van der Waals surface area (Å²) in [4.78, 5) is 14.7. The molecule has 7 heteroatoms. The second-order valence-corrected chi connectivity index (χ2v) is 6.86. The number of hydrogen-bond donors (Lipinski definition) is 1. The van der Waals surface area contributed by atoms with Crippen LogP contribution >= 0.6 is 0 Å². The zero-order chi connectivity index (χ0) is 20.1. The van der Waals surface area contributed by atoms with Gasteiger partial charge in [0.05, 0.1) is 24.8 Å². The van der Waals surface area contributed by atoms with Crippen molar-refractivity contribution in [1.82, 2.24) is 10.2 Å². The molecule has 0 aromatic heterocycles. The minimum Gasteiger partial charge on any atom is -0.379 e. The van der Waals surface area contributed by atoms with Crippen LogP contribution in [0.5, 0.6) is 0 Å². The molecule has 1 aliphatic rings. The van der Waals surface area contributed by atoms with Gasteiger partial charge in [0, 0.05) is 25.2 Å². The maximum absolute atomic E-state index is 12.7. The Bertz CT molecular complexity index is 800. The molecule has 1 N–H and O–H groups in total. The van der Waals surface area contributed by atoms with Gasteiger partial charge in [-0.15, -0.1) is 0 Å². The molecule has 2 aromatic carbocycles. The van der Waals surface area contributed by atoms with Gasteiger partial charge in [-0.3, -0.25) is 9.69 Å². The average Bonchev–Trinajstić information content (AvgIpc) is 2.68. The highest BCUT2D eigenvalue weighted by molar-refractivity contribution is 5.94. The van der Waals surface area contributed by atoms with E-state index in [9.17, 15) is 18.0 Å². The van der Waals surface area contributed by atoms with Crippen molar-refractivity contribution in [1.29, 1.82) is 0 Å². The van der Waals surface area contributed by atoms with E-state index in [0.717, 1.165) is 36.3 Å². The van der Waals surface area contributed by atoms with Crippen LogP contribution in [0.2, 0.25) is 0 Å². The number of benzene rings is 2.